The molecule has 1 N–H and O–H groups in total. The zero-order chi connectivity index (χ0) is 15.7. The number of hydrogen-bond donors (Lipinski definition) is 1. The number of rotatable bonds is 3. The van der Waals surface area contributed by atoms with Crippen molar-refractivity contribution in [1.29, 1.82) is 0 Å². The normalized spacial score (nSPS) is 23.8. The van der Waals surface area contributed by atoms with Gasteiger partial charge in [0.1, 0.15) is 0 Å². The van der Waals surface area contributed by atoms with E-state index in [1.807, 2.05) is 0 Å². The highest BCUT2D eigenvalue weighted by molar-refractivity contribution is 5.29. The number of benzene rings is 1. The lowest BCUT2D eigenvalue weighted by molar-refractivity contribution is -0.0639. The molecule has 1 aliphatic rings. The van der Waals surface area contributed by atoms with Gasteiger partial charge in [0.15, 0.2) is 0 Å². The SMILES string of the molecule is CC(NC1CCOC(C)(C)C1)c1ccc(C(C)(C)C)cc1. The lowest BCUT2D eigenvalue weighted by atomic mass is 9.86. The second kappa shape index (κ2) is 6.10. The highest BCUT2D eigenvalue weighted by Gasteiger charge is 2.29. The van der Waals surface area contributed by atoms with E-state index in [2.05, 4.69) is 71.1 Å². The number of ether oxygens (including phenoxy) is 1. The molecule has 2 heteroatoms. The van der Waals surface area contributed by atoms with Gasteiger partial charge in [-0.05, 0) is 50.2 Å². The molecule has 0 bridgehead atoms. The zero-order valence-electron chi connectivity index (χ0n) is 14.5. The molecule has 1 aliphatic heterocycles. The summed E-state index contributed by atoms with van der Waals surface area (Å²) in [4.78, 5) is 0. The molecule has 2 unspecified atom stereocenters. The summed E-state index contributed by atoms with van der Waals surface area (Å²) >= 11 is 0. The Morgan fingerprint density at radius 1 is 1.19 bits per heavy atom. The molecule has 21 heavy (non-hydrogen) atoms. The Kier molecular flexibility index (Phi) is 4.79. The second-order valence-corrected chi connectivity index (χ2v) is 8.06. The molecule has 2 atom stereocenters. The number of nitrogens with one attached hydrogen (secondary N) is 1. The van der Waals surface area contributed by atoms with Crippen molar-refractivity contribution >= 4 is 0 Å². The molecule has 1 aromatic rings. The van der Waals surface area contributed by atoms with Crippen molar-refractivity contribution in [2.45, 2.75) is 77.5 Å². The van der Waals surface area contributed by atoms with Gasteiger partial charge in [0.25, 0.3) is 0 Å². The summed E-state index contributed by atoms with van der Waals surface area (Å²) in [5.74, 6) is 0. The second-order valence-electron chi connectivity index (χ2n) is 8.06. The molecule has 0 aromatic heterocycles. The summed E-state index contributed by atoms with van der Waals surface area (Å²) in [6.07, 6.45) is 2.19. The maximum absolute atomic E-state index is 5.80. The summed E-state index contributed by atoms with van der Waals surface area (Å²) in [6, 6.07) is 10.00. The van der Waals surface area contributed by atoms with E-state index in [9.17, 15) is 0 Å². The fourth-order valence-electron chi connectivity index (χ4n) is 3.10. The van der Waals surface area contributed by atoms with Gasteiger partial charge in [0.2, 0.25) is 0 Å². The van der Waals surface area contributed by atoms with Crippen molar-refractivity contribution in [2.24, 2.45) is 0 Å². The Bertz CT molecular complexity index is 455. The fourth-order valence-corrected chi connectivity index (χ4v) is 3.10. The molecule has 0 spiro atoms. The van der Waals surface area contributed by atoms with Gasteiger partial charge in [-0.25, -0.2) is 0 Å². The molecule has 0 aliphatic carbocycles. The Labute approximate surface area is 130 Å². The molecule has 2 nitrogen and oxygen atoms in total. The van der Waals surface area contributed by atoms with Crippen LogP contribution < -0.4 is 5.32 Å². The molecule has 1 saturated heterocycles. The van der Waals surface area contributed by atoms with Crippen molar-refractivity contribution in [2.75, 3.05) is 6.61 Å². The van der Waals surface area contributed by atoms with Gasteiger partial charge in [-0.2, -0.15) is 0 Å². The summed E-state index contributed by atoms with van der Waals surface area (Å²) in [6.45, 7) is 14.3. The first-order valence-corrected chi connectivity index (χ1v) is 8.18. The third kappa shape index (κ3) is 4.55. The molecule has 1 heterocycles. The average Bonchev–Trinajstić information content (AvgIpc) is 2.36. The quantitative estimate of drug-likeness (QED) is 0.878. The van der Waals surface area contributed by atoms with Crippen LogP contribution in [0, 0.1) is 0 Å². The van der Waals surface area contributed by atoms with Crippen LogP contribution in [0.25, 0.3) is 0 Å². The van der Waals surface area contributed by atoms with Crippen LogP contribution in [-0.2, 0) is 10.2 Å². The molecule has 118 valence electrons. The smallest absolute Gasteiger partial charge is 0.0641 e. The van der Waals surface area contributed by atoms with Crippen molar-refractivity contribution < 1.29 is 4.74 Å². The van der Waals surface area contributed by atoms with Gasteiger partial charge in [0, 0.05) is 18.7 Å². The van der Waals surface area contributed by atoms with Gasteiger partial charge in [-0.3, -0.25) is 0 Å². The van der Waals surface area contributed by atoms with Gasteiger partial charge in [-0.15, -0.1) is 0 Å². The monoisotopic (exact) mass is 289 g/mol. The van der Waals surface area contributed by atoms with Crippen LogP contribution in [0.5, 0.6) is 0 Å². The Morgan fingerprint density at radius 2 is 1.81 bits per heavy atom. The first-order chi connectivity index (χ1) is 9.67. The summed E-state index contributed by atoms with van der Waals surface area (Å²) in [7, 11) is 0. The van der Waals surface area contributed by atoms with Gasteiger partial charge in [-0.1, -0.05) is 45.0 Å². The minimum Gasteiger partial charge on any atom is -0.375 e. The molecule has 2 rings (SSSR count). The zero-order valence-corrected chi connectivity index (χ0v) is 14.5. The van der Waals surface area contributed by atoms with Gasteiger partial charge < -0.3 is 10.1 Å². The van der Waals surface area contributed by atoms with Crippen molar-refractivity contribution in [3.63, 3.8) is 0 Å². The van der Waals surface area contributed by atoms with E-state index in [0.29, 0.717) is 12.1 Å². The maximum Gasteiger partial charge on any atom is 0.0641 e. The van der Waals surface area contributed by atoms with Crippen LogP contribution in [0.2, 0.25) is 0 Å². The summed E-state index contributed by atoms with van der Waals surface area (Å²) < 4.78 is 5.80. The topological polar surface area (TPSA) is 21.3 Å². The summed E-state index contributed by atoms with van der Waals surface area (Å²) in [5.41, 5.74) is 2.99. The third-order valence-electron chi connectivity index (χ3n) is 4.46. The molecule has 1 aromatic carbocycles. The van der Waals surface area contributed by atoms with Crippen LogP contribution in [0.15, 0.2) is 24.3 Å². The molecule has 0 amide bonds. The van der Waals surface area contributed by atoms with E-state index in [1.54, 1.807) is 0 Å². The van der Waals surface area contributed by atoms with Gasteiger partial charge >= 0.3 is 0 Å². The van der Waals surface area contributed by atoms with Crippen molar-refractivity contribution in [3.05, 3.63) is 35.4 Å². The van der Waals surface area contributed by atoms with Crippen molar-refractivity contribution in [3.8, 4) is 0 Å². The summed E-state index contributed by atoms with van der Waals surface area (Å²) in [5, 5.41) is 3.77. The van der Waals surface area contributed by atoms with Gasteiger partial charge in [0.05, 0.1) is 5.60 Å². The highest BCUT2D eigenvalue weighted by atomic mass is 16.5. The first-order valence-electron chi connectivity index (χ1n) is 8.18. The number of hydrogen-bond acceptors (Lipinski definition) is 2. The first kappa shape index (κ1) is 16.5. The Balaban J connectivity index is 1.98. The average molecular weight is 289 g/mol. The van der Waals surface area contributed by atoms with Crippen LogP contribution in [0.3, 0.4) is 0 Å². The van der Waals surface area contributed by atoms with E-state index in [-0.39, 0.29) is 11.0 Å². The van der Waals surface area contributed by atoms with E-state index >= 15 is 0 Å². The van der Waals surface area contributed by atoms with Crippen LogP contribution >= 0.6 is 0 Å². The molecule has 1 fully saturated rings. The van der Waals surface area contributed by atoms with E-state index in [0.717, 1.165) is 19.4 Å². The molecule has 0 saturated carbocycles. The Hall–Kier alpha value is -0.860. The third-order valence-corrected chi connectivity index (χ3v) is 4.46. The molecular formula is C19H31NO. The van der Waals surface area contributed by atoms with E-state index < -0.39 is 0 Å². The Morgan fingerprint density at radius 3 is 2.33 bits per heavy atom. The molecule has 0 radical (unpaired) electrons. The molecular weight excluding hydrogens is 258 g/mol. The lowest BCUT2D eigenvalue weighted by Crippen LogP contribution is -2.44. The van der Waals surface area contributed by atoms with E-state index in [1.165, 1.54) is 11.1 Å². The highest BCUT2D eigenvalue weighted by Crippen LogP contribution is 2.27. The minimum atomic E-state index is 0.00568. The van der Waals surface area contributed by atoms with E-state index in [4.69, 9.17) is 4.74 Å². The van der Waals surface area contributed by atoms with Crippen molar-refractivity contribution in [1.82, 2.24) is 5.32 Å². The predicted molar refractivity (Wildman–Crippen MR) is 89.7 cm³/mol. The lowest BCUT2D eigenvalue weighted by Gasteiger charge is -2.37. The van der Waals surface area contributed by atoms with Crippen LogP contribution in [0.1, 0.15) is 71.6 Å². The largest absolute Gasteiger partial charge is 0.375 e. The predicted octanol–water partition coefficient (Wildman–Crippen LogP) is 4.59. The fraction of sp³-hybridized carbons (Fsp3) is 0.684. The van der Waals surface area contributed by atoms with Crippen LogP contribution in [0.4, 0.5) is 0 Å². The minimum absolute atomic E-state index is 0.00568. The standard InChI is InChI=1S/C19H31NO/c1-14(20-17-11-12-21-19(5,6)13-17)15-7-9-16(10-8-15)18(2,3)4/h7-10,14,17,20H,11-13H2,1-6H3. The van der Waals surface area contributed by atoms with Crippen LogP contribution in [-0.4, -0.2) is 18.2 Å². The maximum atomic E-state index is 5.80.